The van der Waals surface area contributed by atoms with Crippen molar-refractivity contribution in [2.24, 2.45) is 0 Å². The van der Waals surface area contributed by atoms with Gasteiger partial charge in [-0.05, 0) is 24.0 Å². The van der Waals surface area contributed by atoms with Gasteiger partial charge in [0.2, 0.25) is 0 Å². The Morgan fingerprint density at radius 3 is 2.73 bits per heavy atom. The maximum absolute atomic E-state index is 6.15. The van der Waals surface area contributed by atoms with Crippen LogP contribution in [0.25, 0.3) is 0 Å². The Kier molecular flexibility index (Phi) is 5.87. The Bertz CT molecular complexity index is 319. The number of nitrogens with zero attached hydrogens (tertiary/aromatic N) is 1. The van der Waals surface area contributed by atoms with Crippen LogP contribution in [0.3, 0.4) is 0 Å². The number of hydrogen-bond acceptors (Lipinski definition) is 2. The minimum Gasteiger partial charge on any atom is -0.374 e. The lowest BCUT2D eigenvalue weighted by Gasteiger charge is -2.19. The number of alkyl halides is 1. The lowest BCUT2D eigenvalue weighted by molar-refractivity contribution is 0.977. The highest BCUT2D eigenvalue weighted by Gasteiger charge is 2.04. The standard InChI is InChI=1S/C11H15BrClNS/c1-14(5-6-15-2)10-4-3-9(8-12)11(13)7-10/h3-4,7H,5-6,8H2,1-2H3. The number of benzene rings is 1. The summed E-state index contributed by atoms with van der Waals surface area (Å²) in [4.78, 5) is 2.22. The topological polar surface area (TPSA) is 3.24 Å². The molecule has 0 aliphatic carbocycles. The zero-order chi connectivity index (χ0) is 11.3. The van der Waals surface area contributed by atoms with Gasteiger partial charge in [-0.2, -0.15) is 11.8 Å². The molecule has 0 heterocycles. The third kappa shape index (κ3) is 3.89. The van der Waals surface area contributed by atoms with Gasteiger partial charge in [0.1, 0.15) is 0 Å². The van der Waals surface area contributed by atoms with Crippen molar-refractivity contribution in [2.45, 2.75) is 5.33 Å². The lowest BCUT2D eigenvalue weighted by atomic mass is 10.2. The molecule has 0 saturated carbocycles. The van der Waals surface area contributed by atoms with Gasteiger partial charge < -0.3 is 4.90 Å². The van der Waals surface area contributed by atoms with E-state index in [0.29, 0.717) is 0 Å². The van der Waals surface area contributed by atoms with Crippen molar-refractivity contribution in [3.63, 3.8) is 0 Å². The summed E-state index contributed by atoms with van der Waals surface area (Å²) in [6.45, 7) is 1.05. The predicted octanol–water partition coefficient (Wildman–Crippen LogP) is 4.03. The summed E-state index contributed by atoms with van der Waals surface area (Å²) in [6.07, 6.45) is 2.12. The molecule has 0 aliphatic heterocycles. The van der Waals surface area contributed by atoms with E-state index in [2.05, 4.69) is 46.3 Å². The van der Waals surface area contributed by atoms with E-state index in [1.165, 1.54) is 5.69 Å². The van der Waals surface area contributed by atoms with Crippen LogP contribution in [-0.2, 0) is 5.33 Å². The van der Waals surface area contributed by atoms with Gasteiger partial charge in [-0.15, -0.1) is 0 Å². The van der Waals surface area contributed by atoms with E-state index in [1.807, 2.05) is 17.8 Å². The third-order valence-corrected chi connectivity index (χ3v) is 3.80. The monoisotopic (exact) mass is 307 g/mol. The predicted molar refractivity (Wildman–Crippen MR) is 75.7 cm³/mol. The van der Waals surface area contributed by atoms with Gasteiger partial charge in [-0.1, -0.05) is 33.6 Å². The van der Waals surface area contributed by atoms with Gasteiger partial charge in [0.15, 0.2) is 0 Å². The highest BCUT2D eigenvalue weighted by atomic mass is 79.9. The number of hydrogen-bond donors (Lipinski definition) is 0. The van der Waals surface area contributed by atoms with Crippen LogP contribution in [0.5, 0.6) is 0 Å². The van der Waals surface area contributed by atoms with Crippen LogP contribution >= 0.6 is 39.3 Å². The maximum atomic E-state index is 6.15. The molecule has 1 aromatic rings. The molecule has 0 atom stereocenters. The molecule has 0 saturated heterocycles. The molecule has 1 rings (SSSR count). The highest BCUT2D eigenvalue weighted by Crippen LogP contribution is 2.24. The van der Waals surface area contributed by atoms with Crippen LogP contribution in [0, 0.1) is 0 Å². The second-order valence-electron chi connectivity index (χ2n) is 3.32. The van der Waals surface area contributed by atoms with Gasteiger partial charge in [-0.3, -0.25) is 0 Å². The van der Waals surface area contributed by atoms with Gasteiger partial charge in [-0.25, -0.2) is 0 Å². The zero-order valence-corrected chi connectivity index (χ0v) is 12.1. The van der Waals surface area contributed by atoms with Crippen LogP contribution in [0.15, 0.2) is 18.2 Å². The second kappa shape index (κ2) is 6.66. The molecule has 0 spiro atoms. The van der Waals surface area contributed by atoms with Crippen LogP contribution < -0.4 is 4.90 Å². The van der Waals surface area contributed by atoms with Crippen molar-refractivity contribution in [2.75, 3.05) is 30.5 Å². The Hall–Kier alpha value is 0.140. The first kappa shape index (κ1) is 13.2. The van der Waals surface area contributed by atoms with Crippen LogP contribution in [0.2, 0.25) is 5.02 Å². The second-order valence-corrected chi connectivity index (χ2v) is 5.28. The largest absolute Gasteiger partial charge is 0.374 e. The van der Waals surface area contributed by atoms with E-state index in [1.54, 1.807) is 0 Å². The summed E-state index contributed by atoms with van der Waals surface area (Å²) in [5.41, 5.74) is 2.32. The number of thioether (sulfide) groups is 1. The van der Waals surface area contributed by atoms with Crippen LogP contribution in [-0.4, -0.2) is 25.6 Å². The minimum absolute atomic E-state index is 0.806. The van der Waals surface area contributed by atoms with E-state index in [4.69, 9.17) is 11.6 Å². The Morgan fingerprint density at radius 2 is 2.20 bits per heavy atom. The van der Waals surface area contributed by atoms with Crippen molar-refractivity contribution in [3.8, 4) is 0 Å². The van der Waals surface area contributed by atoms with Gasteiger partial charge in [0, 0.05) is 35.4 Å². The zero-order valence-electron chi connectivity index (χ0n) is 8.96. The fourth-order valence-corrected chi connectivity index (χ4v) is 2.59. The smallest absolute Gasteiger partial charge is 0.0467 e. The van der Waals surface area contributed by atoms with E-state index < -0.39 is 0 Å². The maximum Gasteiger partial charge on any atom is 0.0467 e. The summed E-state index contributed by atoms with van der Waals surface area (Å²) in [5.74, 6) is 1.13. The van der Waals surface area contributed by atoms with E-state index in [-0.39, 0.29) is 0 Å². The Morgan fingerprint density at radius 1 is 1.47 bits per heavy atom. The summed E-state index contributed by atoms with van der Waals surface area (Å²) in [5, 5.41) is 1.64. The Balaban J connectivity index is 2.73. The van der Waals surface area contributed by atoms with Crippen molar-refractivity contribution < 1.29 is 0 Å². The van der Waals surface area contributed by atoms with Gasteiger partial charge in [0.25, 0.3) is 0 Å². The molecular formula is C11H15BrClNS. The molecule has 4 heteroatoms. The first-order valence-electron chi connectivity index (χ1n) is 4.73. The lowest BCUT2D eigenvalue weighted by Crippen LogP contribution is -2.20. The molecule has 84 valence electrons. The fraction of sp³-hybridized carbons (Fsp3) is 0.455. The summed E-state index contributed by atoms with van der Waals surface area (Å²) >= 11 is 11.4. The van der Waals surface area contributed by atoms with E-state index in [9.17, 15) is 0 Å². The fourth-order valence-electron chi connectivity index (χ4n) is 1.24. The molecule has 0 radical (unpaired) electrons. The molecule has 0 unspecified atom stereocenters. The highest BCUT2D eigenvalue weighted by molar-refractivity contribution is 9.08. The molecule has 0 aliphatic rings. The molecule has 0 N–H and O–H groups in total. The van der Waals surface area contributed by atoms with Crippen LogP contribution in [0.1, 0.15) is 5.56 Å². The summed E-state index contributed by atoms with van der Waals surface area (Å²) in [6, 6.07) is 6.21. The number of anilines is 1. The molecule has 1 aromatic carbocycles. The van der Waals surface area contributed by atoms with Gasteiger partial charge in [0.05, 0.1) is 0 Å². The first-order valence-corrected chi connectivity index (χ1v) is 7.63. The molecular weight excluding hydrogens is 294 g/mol. The number of halogens is 2. The number of rotatable bonds is 5. The first-order chi connectivity index (χ1) is 7.19. The molecule has 15 heavy (non-hydrogen) atoms. The van der Waals surface area contributed by atoms with Gasteiger partial charge >= 0.3 is 0 Å². The van der Waals surface area contributed by atoms with E-state index in [0.717, 1.165) is 28.2 Å². The average Bonchev–Trinajstić information content (AvgIpc) is 2.25. The van der Waals surface area contributed by atoms with Crippen molar-refractivity contribution in [1.29, 1.82) is 0 Å². The summed E-state index contributed by atoms with van der Waals surface area (Å²) in [7, 11) is 2.09. The SMILES string of the molecule is CSCCN(C)c1ccc(CBr)c(Cl)c1. The molecule has 1 nitrogen and oxygen atoms in total. The Labute approximate surface area is 109 Å². The van der Waals surface area contributed by atoms with Crippen LogP contribution in [0.4, 0.5) is 5.69 Å². The average molecular weight is 309 g/mol. The minimum atomic E-state index is 0.806. The summed E-state index contributed by atoms with van der Waals surface area (Å²) < 4.78 is 0. The molecule has 0 bridgehead atoms. The quantitative estimate of drug-likeness (QED) is 0.755. The van der Waals surface area contributed by atoms with E-state index >= 15 is 0 Å². The third-order valence-electron chi connectivity index (χ3n) is 2.25. The molecule has 0 fully saturated rings. The molecule has 0 amide bonds. The van der Waals surface area contributed by atoms with Crippen molar-refractivity contribution >= 4 is 45.0 Å². The van der Waals surface area contributed by atoms with Crippen molar-refractivity contribution in [3.05, 3.63) is 28.8 Å². The normalized spacial score (nSPS) is 10.4. The molecule has 0 aromatic heterocycles. The van der Waals surface area contributed by atoms with Crippen molar-refractivity contribution in [1.82, 2.24) is 0 Å².